The molecule has 6 rings (SSSR count). The van der Waals surface area contributed by atoms with E-state index in [1.165, 1.54) is 0 Å². The van der Waals surface area contributed by atoms with E-state index in [1.807, 2.05) is 84.9 Å². The maximum absolute atomic E-state index is 14.4. The van der Waals surface area contributed by atoms with Crippen LogP contribution in [0, 0.1) is 0 Å². The molecule has 0 amide bonds. The van der Waals surface area contributed by atoms with Gasteiger partial charge < -0.3 is 10.2 Å². The number of para-hydroxylation sites is 1. The average molecular weight is 473 g/mol. The van der Waals surface area contributed by atoms with Gasteiger partial charge in [0.1, 0.15) is 11.5 Å². The van der Waals surface area contributed by atoms with Gasteiger partial charge in [-0.25, -0.2) is 0 Å². The fraction of sp³-hybridized carbons (Fsp3) is 0. The van der Waals surface area contributed by atoms with Crippen LogP contribution in [0.25, 0.3) is 42.4 Å². The molecule has 0 saturated carbocycles. The number of aromatic hydroxyl groups is 2. The molecule has 6 aromatic rings. The minimum Gasteiger partial charge on any atom is -0.508 e. The zero-order chi connectivity index (χ0) is 23.9. The zero-order valence-corrected chi connectivity index (χ0v) is 19.4. The predicted molar refractivity (Wildman–Crippen MR) is 143 cm³/mol. The van der Waals surface area contributed by atoms with E-state index in [4.69, 9.17) is 0 Å². The largest absolute Gasteiger partial charge is 0.508 e. The molecule has 0 aliphatic heterocycles. The second-order valence-corrected chi connectivity index (χ2v) is 9.46. The van der Waals surface area contributed by atoms with Gasteiger partial charge in [-0.3, -0.25) is 4.79 Å². The Labute approximate surface area is 206 Å². The number of phenolic OH excluding ortho intramolecular Hbond substituents is 2. The van der Waals surface area contributed by atoms with E-state index in [-0.39, 0.29) is 17.3 Å². The second kappa shape index (κ2) is 8.42. The summed E-state index contributed by atoms with van der Waals surface area (Å²) in [6, 6.07) is 33.7. The fourth-order valence-electron chi connectivity index (χ4n) is 4.67. The Morgan fingerprint density at radius 2 is 1.34 bits per heavy atom. The number of hydrogen-bond acceptors (Lipinski definition) is 4. The van der Waals surface area contributed by atoms with Crippen molar-refractivity contribution in [3.8, 4) is 33.1 Å². The maximum atomic E-state index is 14.4. The minimum absolute atomic E-state index is 0.0704. The Hall–Kier alpha value is -4.41. The summed E-state index contributed by atoms with van der Waals surface area (Å²) in [6.07, 6.45) is 0. The summed E-state index contributed by atoms with van der Waals surface area (Å²) in [6.45, 7) is 0. The van der Waals surface area contributed by atoms with E-state index in [0.717, 1.165) is 36.9 Å². The van der Waals surface area contributed by atoms with Crippen LogP contribution in [-0.4, -0.2) is 16.0 Å². The Morgan fingerprint density at radius 3 is 2.17 bits per heavy atom. The Kier molecular flexibility index (Phi) is 5.09. The first-order valence-corrected chi connectivity index (χ1v) is 12.1. The monoisotopic (exact) mass is 472 g/mol. The summed E-state index contributed by atoms with van der Waals surface area (Å²) in [4.78, 5) is 15.2. The van der Waals surface area contributed by atoms with Gasteiger partial charge in [0, 0.05) is 31.7 Å². The molecule has 1 heterocycles. The molecule has 0 aliphatic carbocycles. The van der Waals surface area contributed by atoms with Crippen LogP contribution in [0.15, 0.2) is 109 Å². The molecule has 0 fully saturated rings. The van der Waals surface area contributed by atoms with Crippen molar-refractivity contribution >= 4 is 38.0 Å². The van der Waals surface area contributed by atoms with E-state index >= 15 is 0 Å². The van der Waals surface area contributed by atoms with Gasteiger partial charge in [0.15, 0.2) is 5.78 Å². The summed E-state index contributed by atoms with van der Waals surface area (Å²) in [7, 11) is 0. The van der Waals surface area contributed by atoms with Crippen molar-refractivity contribution in [1.29, 1.82) is 0 Å². The number of carbonyl (C=O) groups is 1. The average Bonchev–Trinajstić information content (AvgIpc) is 3.28. The number of benzene rings is 5. The Morgan fingerprint density at radius 1 is 0.657 bits per heavy atom. The molecule has 35 heavy (non-hydrogen) atoms. The molecular formula is C31H20O3S. The second-order valence-electron chi connectivity index (χ2n) is 8.40. The van der Waals surface area contributed by atoms with Crippen LogP contribution in [-0.2, 0) is 0 Å². The van der Waals surface area contributed by atoms with Crippen LogP contribution >= 0.6 is 11.3 Å². The van der Waals surface area contributed by atoms with Crippen molar-refractivity contribution in [2.45, 2.75) is 0 Å². The number of carbonyl (C=O) groups excluding carboxylic acids is 1. The number of ketones is 1. The molecule has 3 nitrogen and oxygen atoms in total. The quantitative estimate of drug-likeness (QED) is 0.255. The van der Waals surface area contributed by atoms with Gasteiger partial charge in [0.05, 0.1) is 0 Å². The SMILES string of the molecule is O=C(c1cccc2ccccc12)c1c(-c2ccc(O)cc2)sc2cccc(-c3ccccc3O)c12. The van der Waals surface area contributed by atoms with Gasteiger partial charge in [-0.2, -0.15) is 0 Å². The molecule has 0 aliphatic rings. The highest BCUT2D eigenvalue weighted by atomic mass is 32.1. The third-order valence-corrected chi connectivity index (χ3v) is 7.50. The van der Waals surface area contributed by atoms with Crippen LogP contribution in [0.5, 0.6) is 11.5 Å². The standard InChI is InChI=1S/C31H20O3S/c32-21-17-15-20(16-18-21)31-29(30(34)25-12-5-8-19-7-1-2-9-22(19)25)28-24(11-6-14-27(28)35-31)23-10-3-4-13-26(23)33/h1-18,32-33H. The van der Waals surface area contributed by atoms with Crippen LogP contribution < -0.4 is 0 Å². The van der Waals surface area contributed by atoms with E-state index in [1.54, 1.807) is 35.6 Å². The first-order chi connectivity index (χ1) is 17.1. The first kappa shape index (κ1) is 21.1. The highest BCUT2D eigenvalue weighted by Gasteiger charge is 2.25. The summed E-state index contributed by atoms with van der Waals surface area (Å²) >= 11 is 1.54. The van der Waals surface area contributed by atoms with Gasteiger partial charge in [0.25, 0.3) is 0 Å². The van der Waals surface area contributed by atoms with E-state index in [0.29, 0.717) is 16.7 Å². The summed E-state index contributed by atoms with van der Waals surface area (Å²) < 4.78 is 0.956. The van der Waals surface area contributed by atoms with Crippen molar-refractivity contribution in [3.63, 3.8) is 0 Å². The smallest absolute Gasteiger partial charge is 0.195 e. The summed E-state index contributed by atoms with van der Waals surface area (Å²) in [5.74, 6) is 0.270. The van der Waals surface area contributed by atoms with E-state index in [2.05, 4.69) is 0 Å². The van der Waals surface area contributed by atoms with E-state index in [9.17, 15) is 15.0 Å². The number of phenols is 2. The maximum Gasteiger partial charge on any atom is 0.195 e. The third kappa shape index (κ3) is 3.56. The van der Waals surface area contributed by atoms with Crippen molar-refractivity contribution in [2.24, 2.45) is 0 Å². The molecular weight excluding hydrogens is 452 g/mol. The molecule has 0 unspecified atom stereocenters. The van der Waals surface area contributed by atoms with Gasteiger partial charge >= 0.3 is 0 Å². The van der Waals surface area contributed by atoms with Crippen LogP contribution in [0.2, 0.25) is 0 Å². The summed E-state index contributed by atoms with van der Waals surface area (Å²) in [5, 5.41) is 23.2. The zero-order valence-electron chi connectivity index (χ0n) is 18.6. The molecule has 0 atom stereocenters. The third-order valence-electron chi connectivity index (χ3n) is 6.30. The van der Waals surface area contributed by atoms with E-state index < -0.39 is 0 Å². The van der Waals surface area contributed by atoms with Gasteiger partial charge in [-0.05, 0) is 58.3 Å². The van der Waals surface area contributed by atoms with Gasteiger partial charge in [-0.15, -0.1) is 11.3 Å². The number of thiophene rings is 1. The van der Waals surface area contributed by atoms with Crippen LogP contribution in [0.4, 0.5) is 0 Å². The first-order valence-electron chi connectivity index (χ1n) is 11.3. The molecule has 0 radical (unpaired) electrons. The van der Waals surface area contributed by atoms with Crippen molar-refractivity contribution in [2.75, 3.05) is 0 Å². The molecule has 168 valence electrons. The van der Waals surface area contributed by atoms with Crippen molar-refractivity contribution in [1.82, 2.24) is 0 Å². The molecule has 1 aromatic heterocycles. The highest BCUT2D eigenvalue weighted by molar-refractivity contribution is 7.23. The Bertz CT molecular complexity index is 1720. The molecule has 5 aromatic carbocycles. The normalized spacial score (nSPS) is 11.2. The predicted octanol–water partition coefficient (Wildman–Crippen LogP) is 8.03. The molecule has 0 spiro atoms. The lowest BCUT2D eigenvalue weighted by atomic mass is 9.91. The van der Waals surface area contributed by atoms with Gasteiger partial charge in [0.2, 0.25) is 0 Å². The van der Waals surface area contributed by atoms with Gasteiger partial charge in [-0.1, -0.05) is 72.8 Å². The topological polar surface area (TPSA) is 57.5 Å². The van der Waals surface area contributed by atoms with Crippen molar-refractivity contribution < 1.29 is 15.0 Å². The van der Waals surface area contributed by atoms with Crippen LogP contribution in [0.1, 0.15) is 15.9 Å². The minimum atomic E-state index is -0.0704. The van der Waals surface area contributed by atoms with Crippen molar-refractivity contribution in [3.05, 3.63) is 120 Å². The Balaban J connectivity index is 1.70. The molecule has 0 saturated heterocycles. The number of rotatable bonds is 4. The lowest BCUT2D eigenvalue weighted by Gasteiger charge is -2.11. The number of hydrogen-bond donors (Lipinski definition) is 2. The lowest BCUT2D eigenvalue weighted by molar-refractivity contribution is 0.104. The number of fused-ring (bicyclic) bond motifs is 2. The fourth-order valence-corrected chi connectivity index (χ4v) is 5.90. The molecule has 0 bridgehead atoms. The molecule has 2 N–H and O–H groups in total. The lowest BCUT2D eigenvalue weighted by Crippen LogP contribution is -2.03. The summed E-state index contributed by atoms with van der Waals surface area (Å²) in [5.41, 5.74) is 3.59. The van der Waals surface area contributed by atoms with Crippen LogP contribution in [0.3, 0.4) is 0 Å². The molecule has 4 heteroatoms. The highest BCUT2D eigenvalue weighted by Crippen LogP contribution is 2.46.